The van der Waals surface area contributed by atoms with Gasteiger partial charge in [0.25, 0.3) is 0 Å². The zero-order valence-electron chi connectivity index (χ0n) is 7.78. The standard InChI is InChI=1S/C11H9BrClNO/c12-9-5-6-15-11(9)10(14)7-1-3-8(13)4-2-7/h1-6,10H,14H2. The minimum atomic E-state index is -0.272. The zero-order chi connectivity index (χ0) is 10.8. The van der Waals surface area contributed by atoms with E-state index >= 15 is 0 Å². The highest BCUT2D eigenvalue weighted by molar-refractivity contribution is 9.10. The molecule has 0 saturated carbocycles. The van der Waals surface area contributed by atoms with Crippen molar-refractivity contribution in [2.75, 3.05) is 0 Å². The maximum atomic E-state index is 6.04. The molecular formula is C11H9BrClNO. The van der Waals surface area contributed by atoms with Crippen molar-refractivity contribution in [3.63, 3.8) is 0 Å². The van der Waals surface area contributed by atoms with Crippen molar-refractivity contribution in [1.82, 2.24) is 0 Å². The molecule has 1 aromatic heterocycles. The van der Waals surface area contributed by atoms with E-state index in [0.717, 1.165) is 15.8 Å². The first kappa shape index (κ1) is 10.7. The molecule has 1 unspecified atom stereocenters. The lowest BCUT2D eigenvalue weighted by molar-refractivity contribution is 0.487. The Morgan fingerprint density at radius 3 is 2.40 bits per heavy atom. The Morgan fingerprint density at radius 2 is 1.87 bits per heavy atom. The molecule has 0 bridgehead atoms. The third kappa shape index (κ3) is 2.25. The molecule has 0 spiro atoms. The van der Waals surface area contributed by atoms with E-state index in [9.17, 15) is 0 Å². The summed E-state index contributed by atoms with van der Waals surface area (Å²) in [5.41, 5.74) is 7.01. The lowest BCUT2D eigenvalue weighted by atomic mass is 10.1. The van der Waals surface area contributed by atoms with Gasteiger partial charge in [-0.05, 0) is 39.7 Å². The van der Waals surface area contributed by atoms with Crippen LogP contribution in [0.3, 0.4) is 0 Å². The van der Waals surface area contributed by atoms with Gasteiger partial charge in [0.05, 0.1) is 16.8 Å². The van der Waals surface area contributed by atoms with Crippen molar-refractivity contribution in [2.45, 2.75) is 6.04 Å². The van der Waals surface area contributed by atoms with Crippen LogP contribution in [0.25, 0.3) is 0 Å². The molecule has 1 aromatic carbocycles. The summed E-state index contributed by atoms with van der Waals surface area (Å²) < 4.78 is 6.19. The van der Waals surface area contributed by atoms with Crippen LogP contribution in [0.1, 0.15) is 17.4 Å². The first-order valence-electron chi connectivity index (χ1n) is 4.42. The van der Waals surface area contributed by atoms with Crippen molar-refractivity contribution >= 4 is 27.5 Å². The molecular weight excluding hydrogens is 277 g/mol. The molecule has 78 valence electrons. The van der Waals surface area contributed by atoms with Gasteiger partial charge in [0.1, 0.15) is 5.76 Å². The monoisotopic (exact) mass is 285 g/mol. The van der Waals surface area contributed by atoms with E-state index in [1.165, 1.54) is 0 Å². The number of benzene rings is 1. The van der Waals surface area contributed by atoms with E-state index in [0.29, 0.717) is 5.02 Å². The Labute approximate surface area is 101 Å². The number of rotatable bonds is 2. The molecule has 1 atom stereocenters. The average Bonchev–Trinajstić information content (AvgIpc) is 2.65. The second-order valence-electron chi connectivity index (χ2n) is 3.16. The summed E-state index contributed by atoms with van der Waals surface area (Å²) in [5, 5.41) is 0.699. The summed E-state index contributed by atoms with van der Waals surface area (Å²) in [6, 6.07) is 8.96. The number of hydrogen-bond acceptors (Lipinski definition) is 2. The van der Waals surface area contributed by atoms with Gasteiger partial charge in [0.2, 0.25) is 0 Å². The van der Waals surface area contributed by atoms with Crippen molar-refractivity contribution < 1.29 is 4.42 Å². The molecule has 0 fully saturated rings. The van der Waals surface area contributed by atoms with Gasteiger partial charge in [0.15, 0.2) is 0 Å². The van der Waals surface area contributed by atoms with Crippen LogP contribution in [0.15, 0.2) is 45.5 Å². The first-order chi connectivity index (χ1) is 7.18. The minimum Gasteiger partial charge on any atom is -0.466 e. The molecule has 0 saturated heterocycles. The van der Waals surface area contributed by atoms with Gasteiger partial charge >= 0.3 is 0 Å². The normalized spacial score (nSPS) is 12.7. The van der Waals surface area contributed by atoms with Gasteiger partial charge in [-0.2, -0.15) is 0 Å². The van der Waals surface area contributed by atoms with Crippen LogP contribution in [0.4, 0.5) is 0 Å². The molecule has 2 rings (SSSR count). The van der Waals surface area contributed by atoms with Crippen LogP contribution in [0.5, 0.6) is 0 Å². The van der Waals surface area contributed by atoms with Gasteiger partial charge in [-0.3, -0.25) is 0 Å². The second-order valence-corrected chi connectivity index (χ2v) is 4.45. The highest BCUT2D eigenvalue weighted by atomic mass is 79.9. The highest BCUT2D eigenvalue weighted by Gasteiger charge is 2.15. The first-order valence-corrected chi connectivity index (χ1v) is 5.59. The Hall–Kier alpha value is -0.770. The summed E-state index contributed by atoms with van der Waals surface area (Å²) >= 11 is 9.18. The van der Waals surface area contributed by atoms with Gasteiger partial charge < -0.3 is 10.2 Å². The summed E-state index contributed by atoms with van der Waals surface area (Å²) in [6.45, 7) is 0. The number of furan rings is 1. The molecule has 2 nitrogen and oxygen atoms in total. The fourth-order valence-electron chi connectivity index (χ4n) is 1.35. The van der Waals surface area contributed by atoms with Crippen LogP contribution in [-0.2, 0) is 0 Å². The number of nitrogens with two attached hydrogens (primary N) is 1. The molecule has 1 heterocycles. The number of halogens is 2. The van der Waals surface area contributed by atoms with Crippen LogP contribution in [-0.4, -0.2) is 0 Å². The Kier molecular flexibility index (Phi) is 3.14. The van der Waals surface area contributed by atoms with Crippen LogP contribution < -0.4 is 5.73 Å². The molecule has 15 heavy (non-hydrogen) atoms. The molecule has 0 aliphatic carbocycles. The SMILES string of the molecule is NC(c1ccc(Cl)cc1)c1occc1Br. The summed E-state index contributed by atoms with van der Waals surface area (Å²) in [5.74, 6) is 0.720. The van der Waals surface area contributed by atoms with E-state index in [2.05, 4.69) is 15.9 Å². The van der Waals surface area contributed by atoms with Crippen molar-refractivity contribution in [1.29, 1.82) is 0 Å². The summed E-state index contributed by atoms with van der Waals surface area (Å²) in [6.07, 6.45) is 1.61. The van der Waals surface area contributed by atoms with E-state index in [-0.39, 0.29) is 6.04 Å². The number of hydrogen-bond donors (Lipinski definition) is 1. The van der Waals surface area contributed by atoms with Gasteiger partial charge in [-0.15, -0.1) is 0 Å². The van der Waals surface area contributed by atoms with Gasteiger partial charge in [-0.1, -0.05) is 23.7 Å². The predicted molar refractivity (Wildman–Crippen MR) is 63.9 cm³/mol. The molecule has 0 radical (unpaired) electrons. The summed E-state index contributed by atoms with van der Waals surface area (Å²) in [7, 11) is 0. The zero-order valence-corrected chi connectivity index (χ0v) is 10.1. The van der Waals surface area contributed by atoms with Crippen LogP contribution in [0, 0.1) is 0 Å². The molecule has 4 heteroatoms. The van der Waals surface area contributed by atoms with E-state index in [1.807, 2.05) is 30.3 Å². The smallest absolute Gasteiger partial charge is 0.139 e. The lowest BCUT2D eigenvalue weighted by Gasteiger charge is -2.09. The van der Waals surface area contributed by atoms with Crippen LogP contribution >= 0.6 is 27.5 Å². The van der Waals surface area contributed by atoms with Crippen molar-refractivity contribution in [3.8, 4) is 0 Å². The average molecular weight is 287 g/mol. The van der Waals surface area contributed by atoms with Gasteiger partial charge in [-0.25, -0.2) is 0 Å². The molecule has 0 aliphatic heterocycles. The molecule has 0 amide bonds. The van der Waals surface area contributed by atoms with E-state index in [4.69, 9.17) is 21.8 Å². The Bertz CT molecular complexity index is 452. The largest absolute Gasteiger partial charge is 0.466 e. The van der Waals surface area contributed by atoms with Crippen molar-refractivity contribution in [2.24, 2.45) is 5.73 Å². The third-order valence-electron chi connectivity index (χ3n) is 2.16. The third-order valence-corrected chi connectivity index (χ3v) is 3.06. The quantitative estimate of drug-likeness (QED) is 0.913. The fourth-order valence-corrected chi connectivity index (χ4v) is 1.92. The van der Waals surface area contributed by atoms with Gasteiger partial charge in [0, 0.05) is 5.02 Å². The minimum absolute atomic E-state index is 0.272. The van der Waals surface area contributed by atoms with E-state index in [1.54, 1.807) is 6.26 Å². The van der Waals surface area contributed by atoms with Crippen LogP contribution in [0.2, 0.25) is 5.02 Å². The van der Waals surface area contributed by atoms with E-state index < -0.39 is 0 Å². The summed E-state index contributed by atoms with van der Waals surface area (Å²) in [4.78, 5) is 0. The van der Waals surface area contributed by atoms with Crippen molar-refractivity contribution in [3.05, 3.63) is 57.4 Å². The maximum absolute atomic E-state index is 6.04. The molecule has 0 aliphatic rings. The predicted octanol–water partition coefficient (Wildman–Crippen LogP) is 3.74. The highest BCUT2D eigenvalue weighted by Crippen LogP contribution is 2.28. The maximum Gasteiger partial charge on any atom is 0.139 e. The second kappa shape index (κ2) is 4.39. The Balaban J connectivity index is 2.32. The lowest BCUT2D eigenvalue weighted by Crippen LogP contribution is -2.11. The molecule has 2 N–H and O–H groups in total. The molecule has 2 aromatic rings. The fraction of sp³-hybridized carbons (Fsp3) is 0.0909. The Morgan fingerprint density at radius 1 is 1.20 bits per heavy atom. The topological polar surface area (TPSA) is 39.2 Å².